The van der Waals surface area contributed by atoms with E-state index in [2.05, 4.69) is 19.0 Å². The van der Waals surface area contributed by atoms with Crippen molar-refractivity contribution < 1.29 is 19.7 Å². The quantitative estimate of drug-likeness (QED) is 0.439. The zero-order chi connectivity index (χ0) is 20.6. The van der Waals surface area contributed by atoms with Crippen LogP contribution in [0.3, 0.4) is 0 Å². The molecule has 7 heteroatoms. The van der Waals surface area contributed by atoms with E-state index in [4.69, 9.17) is 26.2 Å². The second-order valence-corrected chi connectivity index (χ2v) is 7.35. The molecule has 2 aromatic rings. The number of aliphatic hydroxyl groups excluding tert-OH is 2. The Hall–Kier alpha value is -2.15. The summed E-state index contributed by atoms with van der Waals surface area (Å²) in [4.78, 5) is 10.5. The molecule has 0 heterocycles. The Morgan fingerprint density at radius 1 is 0.964 bits per heavy atom. The van der Waals surface area contributed by atoms with Crippen molar-refractivity contribution in [3.8, 4) is 11.5 Å². The maximum atomic E-state index is 10.5. The number of ether oxygens (including phenoxy) is 2. The average Bonchev–Trinajstić information content (AvgIpc) is 2.73. The number of halogens is 1. The second-order valence-electron chi connectivity index (χ2n) is 7.05. The van der Waals surface area contributed by atoms with Crippen molar-refractivity contribution in [3.05, 3.63) is 64.6 Å². The van der Waals surface area contributed by atoms with E-state index in [-0.39, 0.29) is 31.1 Å². The van der Waals surface area contributed by atoms with Crippen LogP contribution in [0.2, 0.25) is 0 Å². The van der Waals surface area contributed by atoms with Crippen molar-refractivity contribution in [1.29, 1.82) is 0 Å². The third-order valence-corrected chi connectivity index (χ3v) is 4.93. The summed E-state index contributed by atoms with van der Waals surface area (Å²) in [6.07, 6.45) is -0.687. The van der Waals surface area contributed by atoms with Gasteiger partial charge in [0.05, 0.1) is 12.5 Å². The first-order chi connectivity index (χ1) is 13.4. The summed E-state index contributed by atoms with van der Waals surface area (Å²) in [5.41, 5.74) is 1.96. The molecule has 2 unspecified atom stereocenters. The normalized spacial score (nSPS) is 13.6. The Morgan fingerprint density at radius 3 is 1.82 bits per heavy atom. The van der Waals surface area contributed by atoms with Crippen LogP contribution in [0.5, 0.6) is 11.5 Å². The summed E-state index contributed by atoms with van der Waals surface area (Å²) in [6.45, 7) is 4.11. The molecule has 152 valence electrons. The fourth-order valence-corrected chi connectivity index (χ4v) is 2.74. The fraction of sp³-hybridized carbons (Fsp3) is 0.429. The maximum absolute atomic E-state index is 10.5. The van der Waals surface area contributed by atoms with E-state index in [0.29, 0.717) is 11.5 Å². The van der Waals surface area contributed by atoms with Crippen molar-refractivity contribution in [1.82, 2.24) is 0 Å². The van der Waals surface area contributed by atoms with Crippen LogP contribution in [-0.4, -0.2) is 48.1 Å². The number of hydrogen-bond acceptors (Lipinski definition) is 6. The first-order valence-electron chi connectivity index (χ1n) is 9.04. The molecule has 0 bridgehead atoms. The van der Waals surface area contributed by atoms with E-state index in [1.807, 2.05) is 48.5 Å². The van der Waals surface area contributed by atoms with Gasteiger partial charge in [0.2, 0.25) is 0 Å². The predicted molar refractivity (Wildman–Crippen MR) is 109 cm³/mol. The molecule has 0 saturated heterocycles. The summed E-state index contributed by atoms with van der Waals surface area (Å²) >= 11 is 5.56. The molecule has 2 N–H and O–H groups in total. The number of benzene rings is 2. The molecule has 0 aromatic heterocycles. The monoisotopic (exact) mass is 407 g/mol. The Morgan fingerprint density at radius 2 is 1.43 bits per heavy atom. The first kappa shape index (κ1) is 22.1. The average molecular weight is 408 g/mol. The molecule has 0 spiro atoms. The van der Waals surface area contributed by atoms with Gasteiger partial charge >= 0.3 is 0 Å². The van der Waals surface area contributed by atoms with Gasteiger partial charge in [-0.05, 0) is 35.4 Å². The van der Waals surface area contributed by atoms with Crippen molar-refractivity contribution in [3.63, 3.8) is 0 Å². The van der Waals surface area contributed by atoms with Gasteiger partial charge in [-0.1, -0.05) is 43.3 Å². The lowest BCUT2D eigenvalue weighted by Crippen LogP contribution is -2.20. The zero-order valence-electron chi connectivity index (χ0n) is 16.0. The van der Waals surface area contributed by atoms with Gasteiger partial charge in [0, 0.05) is 5.41 Å². The van der Waals surface area contributed by atoms with Crippen LogP contribution in [-0.2, 0) is 5.41 Å². The van der Waals surface area contributed by atoms with Crippen LogP contribution < -0.4 is 9.47 Å². The van der Waals surface area contributed by atoms with Gasteiger partial charge < -0.3 is 19.7 Å². The Bertz CT molecular complexity index is 733. The van der Waals surface area contributed by atoms with Gasteiger partial charge in [0.1, 0.15) is 36.9 Å². The lowest BCUT2D eigenvalue weighted by atomic mass is 9.78. The molecule has 0 radical (unpaired) electrons. The van der Waals surface area contributed by atoms with Crippen molar-refractivity contribution >= 4 is 11.6 Å². The molecule has 0 fully saturated rings. The largest absolute Gasteiger partial charge is 0.491 e. The van der Waals surface area contributed by atoms with Gasteiger partial charge in [-0.3, -0.25) is 0 Å². The third-order valence-electron chi connectivity index (χ3n) is 4.57. The summed E-state index contributed by atoms with van der Waals surface area (Å²) in [6, 6.07) is 14.6. The molecule has 0 aliphatic carbocycles. The minimum atomic E-state index is -0.762. The van der Waals surface area contributed by atoms with Crippen molar-refractivity contribution in [2.24, 2.45) is 5.18 Å². The molecule has 0 amide bonds. The first-order valence-corrected chi connectivity index (χ1v) is 9.58. The van der Waals surface area contributed by atoms with Crippen molar-refractivity contribution in [2.75, 3.05) is 25.7 Å². The number of nitroso groups, excluding NO2 is 1. The standard InChI is InChI=1S/C21H26ClNO5/c1-21(2,16-5-9-20(10-6-16)28-14-18(25)11-22)15-3-7-19(8-4-15)27-13-17(12-24)23-26/h3-10,17-18,24-25H,11-14H2,1-2H3. The SMILES string of the molecule is CC(C)(c1ccc(OCC(O)CCl)cc1)c1ccc(OCC(CO)N=O)cc1. The molecule has 0 aliphatic heterocycles. The predicted octanol–water partition coefficient (Wildman–Crippen LogP) is 3.50. The van der Waals surface area contributed by atoms with E-state index in [1.54, 1.807) is 0 Å². The van der Waals surface area contributed by atoms with Gasteiger partial charge in [-0.25, -0.2) is 0 Å². The Balaban J connectivity index is 2.03. The number of aliphatic hydroxyl groups is 2. The van der Waals surface area contributed by atoms with Gasteiger partial charge in [0.15, 0.2) is 0 Å². The van der Waals surface area contributed by atoms with Crippen LogP contribution in [0.15, 0.2) is 53.7 Å². The number of nitrogens with zero attached hydrogens (tertiary/aromatic N) is 1. The van der Waals surface area contributed by atoms with Crippen LogP contribution >= 0.6 is 11.6 Å². The summed E-state index contributed by atoms with van der Waals surface area (Å²) in [7, 11) is 0. The number of hydrogen-bond donors (Lipinski definition) is 2. The minimum absolute atomic E-state index is 0.0443. The van der Waals surface area contributed by atoms with Crippen molar-refractivity contribution in [2.45, 2.75) is 31.4 Å². The maximum Gasteiger partial charge on any atom is 0.149 e. The molecule has 28 heavy (non-hydrogen) atoms. The summed E-state index contributed by atoms with van der Waals surface area (Å²) < 4.78 is 11.0. The highest BCUT2D eigenvalue weighted by molar-refractivity contribution is 6.18. The molecule has 6 nitrogen and oxygen atoms in total. The zero-order valence-corrected chi connectivity index (χ0v) is 16.8. The van der Waals surface area contributed by atoms with Gasteiger partial charge in [-0.2, -0.15) is 4.91 Å². The van der Waals surface area contributed by atoms with Gasteiger partial charge in [0.25, 0.3) is 0 Å². The van der Waals surface area contributed by atoms with Crippen LogP contribution in [0.4, 0.5) is 0 Å². The van der Waals surface area contributed by atoms with E-state index < -0.39 is 12.1 Å². The van der Waals surface area contributed by atoms with Crippen LogP contribution in [0.1, 0.15) is 25.0 Å². The minimum Gasteiger partial charge on any atom is -0.491 e. The van der Waals surface area contributed by atoms with E-state index in [1.165, 1.54) is 0 Å². The second kappa shape index (κ2) is 10.4. The lowest BCUT2D eigenvalue weighted by molar-refractivity contribution is 0.125. The molecular formula is C21H26ClNO5. The molecule has 0 saturated carbocycles. The fourth-order valence-electron chi connectivity index (χ4n) is 2.65. The topological polar surface area (TPSA) is 88.3 Å². The third kappa shape index (κ3) is 5.92. The number of rotatable bonds is 11. The van der Waals surface area contributed by atoms with E-state index in [9.17, 15) is 10.0 Å². The lowest BCUT2D eigenvalue weighted by Gasteiger charge is -2.26. The summed E-state index contributed by atoms with van der Waals surface area (Å²) in [5.74, 6) is 1.43. The smallest absolute Gasteiger partial charge is 0.149 e. The highest BCUT2D eigenvalue weighted by atomic mass is 35.5. The van der Waals surface area contributed by atoms with Crippen LogP contribution in [0, 0.1) is 4.91 Å². The molecule has 2 rings (SSSR count). The molecule has 2 aromatic carbocycles. The summed E-state index contributed by atoms with van der Waals surface area (Å²) in [5, 5.41) is 21.2. The van der Waals surface area contributed by atoms with Gasteiger partial charge in [-0.15, -0.1) is 11.6 Å². The highest BCUT2D eigenvalue weighted by Crippen LogP contribution is 2.33. The Labute approximate surface area is 170 Å². The highest BCUT2D eigenvalue weighted by Gasteiger charge is 2.23. The Kier molecular flexibility index (Phi) is 8.23. The molecule has 0 aliphatic rings. The van der Waals surface area contributed by atoms with Crippen LogP contribution in [0.25, 0.3) is 0 Å². The van der Waals surface area contributed by atoms with E-state index in [0.717, 1.165) is 11.1 Å². The van der Waals surface area contributed by atoms with E-state index >= 15 is 0 Å². The number of alkyl halides is 1. The molecular weight excluding hydrogens is 382 g/mol. The molecule has 2 atom stereocenters.